The maximum atomic E-state index is 11.2. The van der Waals surface area contributed by atoms with E-state index in [0.717, 1.165) is 12.1 Å². The Hall–Kier alpha value is -2.07. The third-order valence-corrected chi connectivity index (χ3v) is 3.61. The van der Waals surface area contributed by atoms with E-state index >= 15 is 0 Å². The summed E-state index contributed by atoms with van der Waals surface area (Å²) in [5.74, 6) is -0.326. The van der Waals surface area contributed by atoms with Crippen molar-refractivity contribution in [3.8, 4) is 0 Å². The molecule has 1 aromatic carbocycles. The summed E-state index contributed by atoms with van der Waals surface area (Å²) in [5, 5.41) is 0. The van der Waals surface area contributed by atoms with Gasteiger partial charge in [0.15, 0.2) is 0 Å². The van der Waals surface area contributed by atoms with E-state index in [1.165, 1.54) is 25.6 Å². The normalized spacial score (nSPS) is 12.8. The summed E-state index contributed by atoms with van der Waals surface area (Å²) in [5.41, 5.74) is 2.78. The Labute approximate surface area is 139 Å². The van der Waals surface area contributed by atoms with E-state index < -0.39 is 0 Å². The molecular formula is C19H27NO3. The van der Waals surface area contributed by atoms with Crippen molar-refractivity contribution in [2.45, 2.75) is 26.4 Å². The van der Waals surface area contributed by atoms with E-state index in [1.807, 2.05) is 12.1 Å². The van der Waals surface area contributed by atoms with E-state index in [9.17, 15) is 4.79 Å². The molecule has 0 saturated carbocycles. The van der Waals surface area contributed by atoms with Crippen molar-refractivity contribution in [1.82, 2.24) is 4.90 Å². The molecule has 126 valence electrons. The van der Waals surface area contributed by atoms with Gasteiger partial charge < -0.3 is 14.4 Å². The van der Waals surface area contributed by atoms with Crippen molar-refractivity contribution in [2.75, 3.05) is 27.8 Å². The first-order chi connectivity index (χ1) is 11.1. The number of benzene rings is 1. The molecule has 0 N–H and O–H groups in total. The van der Waals surface area contributed by atoms with E-state index in [0.29, 0.717) is 12.2 Å². The van der Waals surface area contributed by atoms with Gasteiger partial charge in [-0.05, 0) is 37.5 Å². The van der Waals surface area contributed by atoms with Crippen LogP contribution in [0, 0.1) is 0 Å². The van der Waals surface area contributed by atoms with Crippen LogP contribution in [0.25, 0.3) is 0 Å². The standard InChI is InChI=1S/C10H12O3.C9H15N/c1-12-7-8-5-3-4-6-9(8)10(11)13-2;1-3-10(2)9-7-5-4-6-8-9/h3-6H,7H2,1-2H3;5,7-8H,3-4,6H2,1-2H3. The Morgan fingerprint density at radius 3 is 2.52 bits per heavy atom. The topological polar surface area (TPSA) is 38.8 Å². The number of carbonyl (C=O) groups excluding carboxylic acids is 1. The highest BCUT2D eigenvalue weighted by atomic mass is 16.5. The molecule has 0 unspecified atom stereocenters. The van der Waals surface area contributed by atoms with E-state index in [2.05, 4.69) is 41.8 Å². The van der Waals surface area contributed by atoms with Gasteiger partial charge in [-0.2, -0.15) is 0 Å². The molecule has 0 saturated heterocycles. The van der Waals surface area contributed by atoms with Gasteiger partial charge in [-0.15, -0.1) is 0 Å². The summed E-state index contributed by atoms with van der Waals surface area (Å²) in [7, 11) is 5.08. The quantitative estimate of drug-likeness (QED) is 0.775. The Kier molecular flexibility index (Phi) is 8.76. The maximum Gasteiger partial charge on any atom is 0.338 e. The zero-order valence-corrected chi connectivity index (χ0v) is 14.5. The molecule has 23 heavy (non-hydrogen) atoms. The Morgan fingerprint density at radius 1 is 1.22 bits per heavy atom. The molecule has 1 aromatic rings. The molecule has 2 rings (SSSR count). The number of hydrogen-bond acceptors (Lipinski definition) is 4. The van der Waals surface area contributed by atoms with Gasteiger partial charge in [0.1, 0.15) is 0 Å². The number of likely N-dealkylation sites (N-methyl/N-ethyl adjacent to an activating group) is 1. The molecule has 0 atom stereocenters. The number of esters is 1. The Morgan fingerprint density at radius 2 is 1.96 bits per heavy atom. The predicted octanol–water partition coefficient (Wildman–Crippen LogP) is 3.79. The van der Waals surface area contributed by atoms with E-state index in [-0.39, 0.29) is 5.97 Å². The van der Waals surface area contributed by atoms with Gasteiger partial charge in [-0.25, -0.2) is 4.79 Å². The van der Waals surface area contributed by atoms with Crippen molar-refractivity contribution in [3.05, 3.63) is 59.3 Å². The summed E-state index contributed by atoms with van der Waals surface area (Å²) in [6.07, 6.45) is 9.15. The van der Waals surface area contributed by atoms with Crippen molar-refractivity contribution in [1.29, 1.82) is 0 Å². The van der Waals surface area contributed by atoms with Crippen LogP contribution >= 0.6 is 0 Å². The smallest absolute Gasteiger partial charge is 0.338 e. The van der Waals surface area contributed by atoms with E-state index in [4.69, 9.17) is 4.74 Å². The first kappa shape index (κ1) is 19.0. The summed E-state index contributed by atoms with van der Waals surface area (Å²) in [4.78, 5) is 13.5. The second-order valence-corrected chi connectivity index (χ2v) is 5.20. The number of nitrogens with zero attached hydrogens (tertiary/aromatic N) is 1. The average molecular weight is 317 g/mol. The molecule has 0 aromatic heterocycles. The molecule has 0 bridgehead atoms. The van der Waals surface area contributed by atoms with Crippen LogP contribution in [0.15, 0.2) is 48.2 Å². The first-order valence-corrected chi connectivity index (χ1v) is 7.87. The molecule has 0 spiro atoms. The van der Waals surface area contributed by atoms with Crippen LogP contribution in [-0.4, -0.2) is 38.7 Å². The Bertz CT molecular complexity index is 549. The fraction of sp³-hybridized carbons (Fsp3) is 0.421. The number of methoxy groups -OCH3 is 2. The first-order valence-electron chi connectivity index (χ1n) is 7.87. The number of allylic oxidation sites excluding steroid dienone is 3. The van der Waals surface area contributed by atoms with Crippen LogP contribution in [0.5, 0.6) is 0 Å². The molecule has 0 amide bonds. The van der Waals surface area contributed by atoms with Crippen molar-refractivity contribution >= 4 is 5.97 Å². The highest BCUT2D eigenvalue weighted by molar-refractivity contribution is 5.90. The molecule has 0 aliphatic heterocycles. The van der Waals surface area contributed by atoms with Crippen LogP contribution in [0.4, 0.5) is 0 Å². The third kappa shape index (κ3) is 6.28. The monoisotopic (exact) mass is 317 g/mol. The minimum absolute atomic E-state index is 0.326. The van der Waals surface area contributed by atoms with Crippen LogP contribution in [-0.2, 0) is 16.1 Å². The second-order valence-electron chi connectivity index (χ2n) is 5.20. The molecular weight excluding hydrogens is 290 g/mol. The highest BCUT2D eigenvalue weighted by Crippen LogP contribution is 2.12. The second kappa shape index (κ2) is 10.6. The number of ether oxygens (including phenoxy) is 2. The molecule has 4 heteroatoms. The summed E-state index contributed by atoms with van der Waals surface area (Å²) in [6, 6.07) is 7.22. The number of carbonyl (C=O) groups is 1. The van der Waals surface area contributed by atoms with Gasteiger partial charge in [-0.3, -0.25) is 0 Å². The molecule has 4 nitrogen and oxygen atoms in total. The van der Waals surface area contributed by atoms with Crippen molar-refractivity contribution < 1.29 is 14.3 Å². The van der Waals surface area contributed by atoms with Gasteiger partial charge in [0, 0.05) is 26.4 Å². The molecule has 1 aliphatic rings. The minimum atomic E-state index is -0.326. The highest BCUT2D eigenvalue weighted by Gasteiger charge is 2.09. The van der Waals surface area contributed by atoms with Crippen LogP contribution in [0.1, 0.15) is 35.7 Å². The summed E-state index contributed by atoms with van der Waals surface area (Å²) in [6.45, 7) is 3.69. The van der Waals surface area contributed by atoms with Crippen molar-refractivity contribution in [2.24, 2.45) is 0 Å². The lowest BCUT2D eigenvalue weighted by Gasteiger charge is -2.19. The molecule has 0 radical (unpaired) electrons. The summed E-state index contributed by atoms with van der Waals surface area (Å²) < 4.78 is 9.58. The van der Waals surface area contributed by atoms with Crippen molar-refractivity contribution in [3.63, 3.8) is 0 Å². The summed E-state index contributed by atoms with van der Waals surface area (Å²) >= 11 is 0. The van der Waals surface area contributed by atoms with Gasteiger partial charge >= 0.3 is 5.97 Å². The molecule has 0 heterocycles. The lowest BCUT2D eigenvalue weighted by atomic mass is 10.1. The largest absolute Gasteiger partial charge is 0.465 e. The fourth-order valence-corrected chi connectivity index (χ4v) is 2.18. The SMILES string of the molecule is CCN(C)C1=CCCC=C1.COCc1ccccc1C(=O)OC. The van der Waals surface area contributed by atoms with E-state index in [1.54, 1.807) is 19.2 Å². The van der Waals surface area contributed by atoms with Crippen LogP contribution in [0.2, 0.25) is 0 Å². The zero-order valence-electron chi connectivity index (χ0n) is 14.5. The Balaban J connectivity index is 0.000000238. The number of rotatable bonds is 5. The fourth-order valence-electron chi connectivity index (χ4n) is 2.18. The third-order valence-electron chi connectivity index (χ3n) is 3.61. The zero-order chi connectivity index (χ0) is 17.1. The molecule has 1 aliphatic carbocycles. The average Bonchev–Trinajstić information content (AvgIpc) is 2.62. The van der Waals surface area contributed by atoms with Gasteiger partial charge in [-0.1, -0.05) is 30.4 Å². The minimum Gasteiger partial charge on any atom is -0.465 e. The van der Waals surface area contributed by atoms with Crippen LogP contribution in [0.3, 0.4) is 0 Å². The predicted molar refractivity (Wildman–Crippen MR) is 93.3 cm³/mol. The number of hydrogen-bond donors (Lipinski definition) is 0. The van der Waals surface area contributed by atoms with Crippen LogP contribution < -0.4 is 0 Å². The van der Waals surface area contributed by atoms with Gasteiger partial charge in [0.25, 0.3) is 0 Å². The molecule has 0 fully saturated rings. The maximum absolute atomic E-state index is 11.2. The van der Waals surface area contributed by atoms with Gasteiger partial charge in [0.05, 0.1) is 19.3 Å². The lowest BCUT2D eigenvalue weighted by molar-refractivity contribution is 0.0596. The lowest BCUT2D eigenvalue weighted by Crippen LogP contribution is -2.16. The van der Waals surface area contributed by atoms with Gasteiger partial charge in [0.2, 0.25) is 0 Å².